The molecule has 0 atom stereocenters. The number of carbonyl (C=O) groups is 1. The van der Waals surface area contributed by atoms with Gasteiger partial charge in [0.05, 0.1) is 5.56 Å². The Bertz CT molecular complexity index is 677. The van der Waals surface area contributed by atoms with E-state index >= 15 is 0 Å². The van der Waals surface area contributed by atoms with Crippen LogP contribution in [0.2, 0.25) is 10.0 Å². The minimum Gasteiger partial charge on any atom is -0.507 e. The van der Waals surface area contributed by atoms with Crippen LogP contribution in [0.15, 0.2) is 35.3 Å². The lowest BCUT2D eigenvalue weighted by atomic mass is 10.2. The molecule has 0 unspecified atom stereocenters. The SMILES string of the molecule is O=C(Nc1cc(Cl)cc(Cl)c1)c1c[nH]c(=O)cc1O. The molecule has 7 heteroatoms. The topological polar surface area (TPSA) is 82.2 Å². The van der Waals surface area contributed by atoms with Crippen molar-refractivity contribution < 1.29 is 9.90 Å². The monoisotopic (exact) mass is 298 g/mol. The number of aromatic amines is 1. The predicted molar refractivity (Wildman–Crippen MR) is 73.1 cm³/mol. The summed E-state index contributed by atoms with van der Waals surface area (Å²) < 4.78 is 0. The van der Waals surface area contributed by atoms with Gasteiger partial charge in [-0.2, -0.15) is 0 Å². The van der Waals surface area contributed by atoms with Crippen molar-refractivity contribution in [2.45, 2.75) is 0 Å². The van der Waals surface area contributed by atoms with Crippen molar-refractivity contribution in [2.75, 3.05) is 5.32 Å². The lowest BCUT2D eigenvalue weighted by Gasteiger charge is -2.07. The highest BCUT2D eigenvalue weighted by Crippen LogP contribution is 2.23. The van der Waals surface area contributed by atoms with Crippen LogP contribution in [0.4, 0.5) is 5.69 Å². The van der Waals surface area contributed by atoms with E-state index in [9.17, 15) is 14.7 Å². The van der Waals surface area contributed by atoms with Gasteiger partial charge < -0.3 is 15.4 Å². The van der Waals surface area contributed by atoms with Crippen molar-refractivity contribution in [3.05, 3.63) is 56.4 Å². The molecule has 0 aliphatic heterocycles. The van der Waals surface area contributed by atoms with Crippen molar-refractivity contribution in [1.29, 1.82) is 0 Å². The van der Waals surface area contributed by atoms with Gasteiger partial charge >= 0.3 is 0 Å². The Labute approximate surface area is 117 Å². The number of pyridine rings is 1. The van der Waals surface area contributed by atoms with Gasteiger partial charge in [0.1, 0.15) is 5.75 Å². The third-order valence-corrected chi connectivity index (χ3v) is 2.70. The molecule has 0 aliphatic rings. The van der Waals surface area contributed by atoms with Crippen LogP contribution < -0.4 is 10.9 Å². The van der Waals surface area contributed by atoms with E-state index in [1.807, 2.05) is 0 Å². The van der Waals surface area contributed by atoms with Gasteiger partial charge in [-0.25, -0.2) is 0 Å². The number of hydrogen-bond donors (Lipinski definition) is 3. The maximum atomic E-state index is 11.9. The third kappa shape index (κ3) is 3.27. The molecule has 5 nitrogen and oxygen atoms in total. The zero-order valence-electron chi connectivity index (χ0n) is 9.41. The first-order valence-corrected chi connectivity index (χ1v) is 5.90. The number of carbonyl (C=O) groups excluding carboxylic acids is 1. The van der Waals surface area contributed by atoms with E-state index in [2.05, 4.69) is 10.3 Å². The van der Waals surface area contributed by atoms with Gasteiger partial charge in [-0.05, 0) is 18.2 Å². The van der Waals surface area contributed by atoms with E-state index in [-0.39, 0.29) is 5.56 Å². The van der Waals surface area contributed by atoms with Gasteiger partial charge in [0, 0.05) is 28.0 Å². The molecule has 3 N–H and O–H groups in total. The van der Waals surface area contributed by atoms with Crippen LogP contribution in [0, 0.1) is 0 Å². The molecule has 0 spiro atoms. The third-order valence-electron chi connectivity index (χ3n) is 2.27. The van der Waals surface area contributed by atoms with Crippen LogP contribution in [-0.2, 0) is 0 Å². The summed E-state index contributed by atoms with van der Waals surface area (Å²) in [6.07, 6.45) is 1.12. The average molecular weight is 299 g/mol. The molecule has 2 rings (SSSR count). The first-order chi connectivity index (χ1) is 8.95. The number of amides is 1. The van der Waals surface area contributed by atoms with Crippen molar-refractivity contribution in [3.8, 4) is 5.75 Å². The second kappa shape index (κ2) is 5.34. The Kier molecular flexibility index (Phi) is 3.78. The van der Waals surface area contributed by atoms with Crippen molar-refractivity contribution in [2.24, 2.45) is 0 Å². The first kappa shape index (κ1) is 13.5. The maximum absolute atomic E-state index is 11.9. The number of halogens is 2. The van der Waals surface area contributed by atoms with Gasteiger partial charge in [-0.15, -0.1) is 0 Å². The van der Waals surface area contributed by atoms with Crippen LogP contribution in [0.3, 0.4) is 0 Å². The standard InChI is InChI=1S/C12H8Cl2N2O3/c13-6-1-7(14)3-8(2-6)16-12(19)9-5-15-11(18)4-10(9)17/h1-5H,(H,16,19)(H2,15,17,18). The molecule has 0 saturated heterocycles. The molecule has 1 amide bonds. The number of nitrogens with one attached hydrogen (secondary N) is 2. The Morgan fingerprint density at radius 3 is 2.37 bits per heavy atom. The van der Waals surface area contributed by atoms with Crippen molar-refractivity contribution in [3.63, 3.8) is 0 Å². The highest BCUT2D eigenvalue weighted by molar-refractivity contribution is 6.35. The van der Waals surface area contributed by atoms with E-state index in [0.717, 1.165) is 12.3 Å². The lowest BCUT2D eigenvalue weighted by Crippen LogP contribution is -2.15. The molecular weight excluding hydrogens is 291 g/mol. The number of rotatable bonds is 2. The van der Waals surface area contributed by atoms with Gasteiger partial charge in [-0.1, -0.05) is 23.2 Å². The van der Waals surface area contributed by atoms with Gasteiger partial charge in [-0.3, -0.25) is 9.59 Å². The molecule has 2 aromatic rings. The molecular formula is C12H8Cl2N2O3. The average Bonchev–Trinajstić information content (AvgIpc) is 2.26. The van der Waals surface area contributed by atoms with E-state index in [1.54, 1.807) is 0 Å². The summed E-state index contributed by atoms with van der Waals surface area (Å²) in [7, 11) is 0. The van der Waals surface area contributed by atoms with E-state index in [1.165, 1.54) is 18.2 Å². The Balaban J connectivity index is 2.28. The zero-order valence-corrected chi connectivity index (χ0v) is 10.9. The fourth-order valence-corrected chi connectivity index (χ4v) is 1.99. The highest BCUT2D eigenvalue weighted by atomic mass is 35.5. The molecule has 0 aliphatic carbocycles. The van der Waals surface area contributed by atoms with Crippen LogP contribution >= 0.6 is 23.2 Å². The maximum Gasteiger partial charge on any atom is 0.260 e. The minimum atomic E-state index is -0.591. The molecule has 0 bridgehead atoms. The molecule has 19 heavy (non-hydrogen) atoms. The Morgan fingerprint density at radius 2 is 1.79 bits per heavy atom. The number of benzene rings is 1. The van der Waals surface area contributed by atoms with Gasteiger partial charge in [0.2, 0.25) is 0 Å². The fourth-order valence-electron chi connectivity index (χ4n) is 1.47. The van der Waals surface area contributed by atoms with E-state index in [4.69, 9.17) is 23.2 Å². The van der Waals surface area contributed by atoms with Crippen LogP contribution in [-0.4, -0.2) is 16.0 Å². The molecule has 0 fully saturated rings. The van der Waals surface area contributed by atoms with Crippen molar-refractivity contribution in [1.82, 2.24) is 4.98 Å². The lowest BCUT2D eigenvalue weighted by molar-refractivity contribution is 0.102. The molecule has 1 heterocycles. The summed E-state index contributed by atoms with van der Waals surface area (Å²) in [6, 6.07) is 5.46. The highest BCUT2D eigenvalue weighted by Gasteiger charge is 2.12. The predicted octanol–water partition coefficient (Wildman–Crippen LogP) is 2.64. The number of aromatic hydroxyl groups is 1. The van der Waals surface area contributed by atoms with Crippen LogP contribution in [0.5, 0.6) is 5.75 Å². The Morgan fingerprint density at radius 1 is 1.16 bits per heavy atom. The fraction of sp³-hybridized carbons (Fsp3) is 0. The summed E-state index contributed by atoms with van der Waals surface area (Å²) in [5.41, 5.74) is -0.177. The minimum absolute atomic E-state index is 0.0595. The first-order valence-electron chi connectivity index (χ1n) is 5.15. The van der Waals surface area contributed by atoms with Crippen LogP contribution in [0.1, 0.15) is 10.4 Å². The van der Waals surface area contributed by atoms with Gasteiger partial charge in [0.25, 0.3) is 11.5 Å². The van der Waals surface area contributed by atoms with E-state index in [0.29, 0.717) is 15.7 Å². The number of anilines is 1. The molecule has 1 aromatic carbocycles. The summed E-state index contributed by atoms with van der Waals surface area (Å²) in [5.74, 6) is -0.999. The number of aromatic nitrogens is 1. The molecule has 98 valence electrons. The number of hydrogen-bond acceptors (Lipinski definition) is 3. The quantitative estimate of drug-likeness (QED) is 0.797. The summed E-state index contributed by atoms with van der Waals surface area (Å²) >= 11 is 11.6. The van der Waals surface area contributed by atoms with Gasteiger partial charge in [0.15, 0.2) is 0 Å². The second-order valence-corrected chi connectivity index (χ2v) is 4.58. The zero-order chi connectivity index (χ0) is 14.0. The Hall–Kier alpha value is -1.98. The second-order valence-electron chi connectivity index (χ2n) is 3.71. The molecule has 1 aromatic heterocycles. The normalized spacial score (nSPS) is 10.2. The summed E-state index contributed by atoms with van der Waals surface area (Å²) in [6.45, 7) is 0. The molecule has 0 radical (unpaired) electrons. The van der Waals surface area contributed by atoms with Crippen LogP contribution in [0.25, 0.3) is 0 Å². The summed E-state index contributed by atoms with van der Waals surface area (Å²) in [5, 5.41) is 12.8. The number of H-pyrrole nitrogens is 1. The van der Waals surface area contributed by atoms with E-state index < -0.39 is 17.2 Å². The summed E-state index contributed by atoms with van der Waals surface area (Å²) in [4.78, 5) is 25.1. The largest absolute Gasteiger partial charge is 0.507 e. The molecule has 0 saturated carbocycles. The smallest absolute Gasteiger partial charge is 0.260 e. The van der Waals surface area contributed by atoms with Crippen molar-refractivity contribution >= 4 is 34.8 Å².